The number of esters is 1. The van der Waals surface area contributed by atoms with Gasteiger partial charge >= 0.3 is 5.97 Å². The monoisotopic (exact) mass is 498 g/mol. The molecule has 0 aromatic carbocycles. The number of unbranched alkanes of at least 4 members (excludes halogenated alkanes) is 14. The number of quaternary nitrogens is 2. The summed E-state index contributed by atoms with van der Waals surface area (Å²) in [6, 6.07) is 0. The molecule has 2 saturated heterocycles. The predicted molar refractivity (Wildman–Crippen MR) is 142 cm³/mol. The first-order valence-electron chi connectivity index (χ1n) is 15.3. The van der Waals surface area contributed by atoms with Gasteiger partial charge in [-0.2, -0.15) is 0 Å². The van der Waals surface area contributed by atoms with E-state index in [1.807, 2.05) is 0 Å². The summed E-state index contributed by atoms with van der Waals surface area (Å²) in [5.74, 6) is 0.00464. The van der Waals surface area contributed by atoms with E-state index in [1.165, 1.54) is 93.3 Å². The lowest BCUT2D eigenvalue weighted by atomic mass is 10.0. The molecule has 0 saturated carbocycles. The second-order valence-corrected chi connectivity index (χ2v) is 10.9. The van der Waals surface area contributed by atoms with Gasteiger partial charge in [0, 0.05) is 6.42 Å². The quantitative estimate of drug-likeness (QED) is 0.189. The van der Waals surface area contributed by atoms with E-state index in [4.69, 9.17) is 14.2 Å². The molecule has 2 heterocycles. The molecule has 6 heteroatoms. The summed E-state index contributed by atoms with van der Waals surface area (Å²) in [6.07, 6.45) is 20.8. The van der Waals surface area contributed by atoms with Crippen molar-refractivity contribution in [1.29, 1.82) is 0 Å². The summed E-state index contributed by atoms with van der Waals surface area (Å²) in [5.41, 5.74) is 0. The third-order valence-electron chi connectivity index (χ3n) is 7.72. The fraction of sp³-hybridized carbons (Fsp3) is 0.966. The molecular weight excluding hydrogens is 440 g/mol. The van der Waals surface area contributed by atoms with Gasteiger partial charge in [0.2, 0.25) is 0 Å². The Morgan fingerprint density at radius 2 is 1.00 bits per heavy atom. The maximum Gasteiger partial charge on any atom is 0.306 e. The summed E-state index contributed by atoms with van der Waals surface area (Å²) in [4.78, 5) is 15.6. The van der Waals surface area contributed by atoms with Crippen LogP contribution in [-0.4, -0.2) is 77.8 Å². The van der Waals surface area contributed by atoms with Gasteiger partial charge < -0.3 is 24.0 Å². The van der Waals surface area contributed by atoms with Crippen molar-refractivity contribution >= 4 is 5.97 Å². The van der Waals surface area contributed by atoms with Gasteiger partial charge in [-0.1, -0.05) is 96.8 Å². The minimum absolute atomic E-state index is 0.00464. The van der Waals surface area contributed by atoms with Gasteiger partial charge in [0.1, 0.15) is 39.3 Å². The van der Waals surface area contributed by atoms with Crippen molar-refractivity contribution < 1.29 is 28.8 Å². The highest BCUT2D eigenvalue weighted by molar-refractivity contribution is 5.69. The van der Waals surface area contributed by atoms with Crippen molar-refractivity contribution in [3.8, 4) is 0 Å². The number of carbonyl (C=O) groups is 1. The number of hydrogen-bond donors (Lipinski definition) is 2. The van der Waals surface area contributed by atoms with Crippen molar-refractivity contribution in [1.82, 2.24) is 0 Å². The van der Waals surface area contributed by atoms with Crippen molar-refractivity contribution in [3.63, 3.8) is 0 Å². The van der Waals surface area contributed by atoms with E-state index in [1.54, 1.807) is 0 Å². The van der Waals surface area contributed by atoms with Crippen molar-refractivity contribution in [2.75, 3.05) is 65.7 Å². The van der Waals surface area contributed by atoms with Gasteiger partial charge in [-0.15, -0.1) is 0 Å². The number of hydrogen-bond acceptors (Lipinski definition) is 4. The minimum Gasteiger partial charge on any atom is -0.450 e. The lowest BCUT2D eigenvalue weighted by molar-refractivity contribution is -0.931. The Balaban J connectivity index is 1.46. The van der Waals surface area contributed by atoms with Gasteiger partial charge in [-0.3, -0.25) is 4.79 Å². The molecule has 0 unspecified atom stereocenters. The van der Waals surface area contributed by atoms with Gasteiger partial charge in [0.05, 0.1) is 26.4 Å². The molecule has 0 spiro atoms. The zero-order valence-electron chi connectivity index (χ0n) is 23.1. The molecule has 35 heavy (non-hydrogen) atoms. The zero-order valence-corrected chi connectivity index (χ0v) is 23.1. The molecule has 0 radical (unpaired) electrons. The average Bonchev–Trinajstić information content (AvgIpc) is 2.87. The van der Waals surface area contributed by atoms with Gasteiger partial charge in [0.25, 0.3) is 0 Å². The maximum atomic E-state index is 12.6. The van der Waals surface area contributed by atoms with E-state index in [2.05, 4.69) is 6.92 Å². The largest absolute Gasteiger partial charge is 0.450 e. The molecule has 2 fully saturated rings. The first-order chi connectivity index (χ1) is 17.3. The SMILES string of the molecule is CCCCCCCCCCCCCCCCCC(=O)OC(C[NH+]1CCOCC1)C[NH+]1CCOCC1. The van der Waals surface area contributed by atoms with Crippen LogP contribution >= 0.6 is 0 Å². The topological polar surface area (TPSA) is 53.6 Å². The molecule has 0 aliphatic carbocycles. The van der Waals surface area contributed by atoms with E-state index >= 15 is 0 Å². The first-order valence-corrected chi connectivity index (χ1v) is 15.3. The lowest BCUT2D eigenvalue weighted by Crippen LogP contribution is -3.18. The molecule has 0 aromatic rings. The first kappa shape index (κ1) is 30.5. The van der Waals surface area contributed by atoms with Crippen LogP contribution in [0.5, 0.6) is 0 Å². The van der Waals surface area contributed by atoms with Crippen LogP contribution in [0.25, 0.3) is 0 Å². The number of carbonyl (C=O) groups excluding carboxylic acids is 1. The van der Waals surface area contributed by atoms with Crippen molar-refractivity contribution in [2.45, 2.75) is 116 Å². The Morgan fingerprint density at radius 3 is 1.40 bits per heavy atom. The highest BCUT2D eigenvalue weighted by atomic mass is 16.5. The molecule has 0 bridgehead atoms. The maximum absolute atomic E-state index is 12.6. The number of rotatable bonds is 21. The Kier molecular flexibility index (Phi) is 18.7. The number of morpholine rings is 2. The Morgan fingerprint density at radius 1 is 0.629 bits per heavy atom. The van der Waals surface area contributed by atoms with Crippen LogP contribution < -0.4 is 9.80 Å². The Hall–Kier alpha value is -0.690. The van der Waals surface area contributed by atoms with Crippen LogP contribution in [0, 0.1) is 0 Å². The number of ether oxygens (including phenoxy) is 3. The fourth-order valence-corrected chi connectivity index (χ4v) is 5.41. The Bertz CT molecular complexity index is 473. The fourth-order valence-electron chi connectivity index (χ4n) is 5.41. The van der Waals surface area contributed by atoms with Crippen LogP contribution in [0.15, 0.2) is 0 Å². The van der Waals surface area contributed by atoms with Crippen LogP contribution in [0.4, 0.5) is 0 Å². The third kappa shape index (κ3) is 16.6. The predicted octanol–water partition coefficient (Wildman–Crippen LogP) is 2.99. The highest BCUT2D eigenvalue weighted by Gasteiger charge is 2.28. The van der Waals surface area contributed by atoms with Crippen molar-refractivity contribution in [3.05, 3.63) is 0 Å². The smallest absolute Gasteiger partial charge is 0.306 e. The van der Waals surface area contributed by atoms with Gasteiger partial charge in [-0.25, -0.2) is 0 Å². The summed E-state index contributed by atoms with van der Waals surface area (Å²) >= 11 is 0. The molecule has 2 rings (SSSR count). The standard InChI is InChI=1S/C29H56N2O4/c1-2-3-4-5-6-7-8-9-10-11-12-13-14-15-16-17-29(32)35-28(26-30-18-22-33-23-19-30)27-31-20-24-34-25-21-31/h28H,2-27H2,1H3/p+2. The second-order valence-electron chi connectivity index (χ2n) is 10.9. The van der Waals surface area contributed by atoms with Gasteiger partial charge in [0.15, 0.2) is 6.10 Å². The molecule has 206 valence electrons. The Labute approximate surface area is 216 Å². The average molecular weight is 499 g/mol. The molecule has 0 atom stereocenters. The lowest BCUT2D eigenvalue weighted by Gasteiger charge is -2.30. The molecule has 2 N–H and O–H groups in total. The molecule has 2 aliphatic heterocycles. The normalized spacial score (nSPS) is 17.8. The van der Waals surface area contributed by atoms with Crippen LogP contribution in [0.2, 0.25) is 0 Å². The van der Waals surface area contributed by atoms with Crippen LogP contribution in [-0.2, 0) is 19.0 Å². The highest BCUT2D eigenvalue weighted by Crippen LogP contribution is 2.14. The summed E-state index contributed by atoms with van der Waals surface area (Å²) in [5, 5.41) is 0. The minimum atomic E-state index is 0.00464. The molecular formula is C29H58N2O4+2. The van der Waals surface area contributed by atoms with E-state index in [9.17, 15) is 4.79 Å². The van der Waals surface area contributed by atoms with E-state index in [0.29, 0.717) is 6.42 Å². The number of nitrogens with one attached hydrogen (secondary N) is 2. The summed E-state index contributed by atoms with van der Waals surface area (Å²) < 4.78 is 17.0. The molecule has 6 nitrogen and oxygen atoms in total. The van der Waals surface area contributed by atoms with E-state index in [0.717, 1.165) is 78.5 Å². The summed E-state index contributed by atoms with van der Waals surface area (Å²) in [6.45, 7) is 11.5. The van der Waals surface area contributed by atoms with Crippen LogP contribution in [0.3, 0.4) is 0 Å². The third-order valence-corrected chi connectivity index (χ3v) is 7.72. The molecule has 0 aromatic heterocycles. The van der Waals surface area contributed by atoms with E-state index in [-0.39, 0.29) is 12.1 Å². The van der Waals surface area contributed by atoms with Crippen LogP contribution in [0.1, 0.15) is 110 Å². The molecule has 2 aliphatic rings. The molecule has 0 amide bonds. The van der Waals surface area contributed by atoms with Crippen molar-refractivity contribution in [2.24, 2.45) is 0 Å². The van der Waals surface area contributed by atoms with E-state index < -0.39 is 0 Å². The zero-order chi connectivity index (χ0) is 24.8. The second kappa shape index (κ2) is 21.4. The summed E-state index contributed by atoms with van der Waals surface area (Å²) in [7, 11) is 0. The van der Waals surface area contributed by atoms with Gasteiger partial charge in [-0.05, 0) is 6.42 Å².